The van der Waals surface area contributed by atoms with Gasteiger partial charge in [-0.15, -0.1) is 12.4 Å². The summed E-state index contributed by atoms with van der Waals surface area (Å²) in [6, 6.07) is 5.44. The Balaban J connectivity index is 0.000000397. The Labute approximate surface area is 134 Å². The molecule has 0 aliphatic rings. The van der Waals surface area contributed by atoms with E-state index in [9.17, 15) is 13.2 Å². The van der Waals surface area contributed by atoms with E-state index < -0.39 is 15.6 Å². The molecule has 2 rings (SSSR count). The summed E-state index contributed by atoms with van der Waals surface area (Å²) in [6.45, 7) is 0. The van der Waals surface area contributed by atoms with Crippen LogP contribution in [0.1, 0.15) is 0 Å². The predicted octanol–water partition coefficient (Wildman–Crippen LogP) is 4.36. The van der Waals surface area contributed by atoms with Crippen molar-refractivity contribution < 1.29 is 26.1 Å². The van der Waals surface area contributed by atoms with Crippen LogP contribution in [0.25, 0.3) is 10.8 Å². The zero-order chi connectivity index (χ0) is 15.6. The lowest BCUT2D eigenvalue weighted by Gasteiger charge is -1.99. The minimum Gasteiger partial charge on any atom is -0.279 e. The summed E-state index contributed by atoms with van der Waals surface area (Å²) in [5.41, 5.74) is -5.53. The van der Waals surface area contributed by atoms with Crippen LogP contribution in [-0.2, 0) is 10.1 Å². The van der Waals surface area contributed by atoms with Gasteiger partial charge in [0.2, 0.25) is 0 Å². The van der Waals surface area contributed by atoms with Crippen LogP contribution in [0.4, 0.5) is 13.2 Å². The van der Waals surface area contributed by atoms with E-state index >= 15 is 0 Å². The van der Waals surface area contributed by atoms with Gasteiger partial charge in [-0.2, -0.15) is 21.6 Å². The molecule has 0 unspecified atom stereocenters. The minimum absolute atomic E-state index is 0. The molecule has 0 bridgehead atoms. The van der Waals surface area contributed by atoms with Crippen LogP contribution in [0.2, 0.25) is 10.0 Å². The van der Waals surface area contributed by atoms with Crippen LogP contribution in [0.3, 0.4) is 0 Å². The highest BCUT2D eigenvalue weighted by atomic mass is 35.5. The lowest BCUT2D eigenvalue weighted by molar-refractivity contribution is -0.0510. The molecule has 1 N–H and O–H groups in total. The number of halogens is 6. The predicted molar refractivity (Wildman–Crippen MR) is 76.6 cm³/mol. The van der Waals surface area contributed by atoms with E-state index in [2.05, 4.69) is 4.98 Å². The first kappa shape index (κ1) is 20.2. The van der Waals surface area contributed by atoms with E-state index in [1.807, 2.05) is 12.1 Å². The Kier molecular flexibility index (Phi) is 7.17. The van der Waals surface area contributed by atoms with E-state index in [1.54, 1.807) is 18.5 Å². The highest BCUT2D eigenvalue weighted by Gasteiger charge is 2.44. The molecule has 118 valence electrons. The molecule has 2 aromatic rings. The summed E-state index contributed by atoms with van der Waals surface area (Å²) >= 11 is 11.8. The number of hydrogen-bond donors (Lipinski definition) is 1. The summed E-state index contributed by atoms with van der Waals surface area (Å²) in [6.07, 6.45) is 3.45. The number of hydrogen-bond acceptors (Lipinski definition) is 3. The van der Waals surface area contributed by atoms with Gasteiger partial charge in [-0.25, -0.2) is 0 Å². The van der Waals surface area contributed by atoms with Gasteiger partial charge >= 0.3 is 15.6 Å². The van der Waals surface area contributed by atoms with Crippen molar-refractivity contribution in [3.63, 3.8) is 0 Å². The second-order valence-electron chi connectivity index (χ2n) is 3.41. The molecule has 21 heavy (non-hydrogen) atoms. The first-order chi connectivity index (χ1) is 9.02. The standard InChI is InChI=1S/C9H5Cl2N.CHF3O3S.ClH/c10-7-3-6-5-12-2-1-8(6)9(11)4-7;2-1(3,4)8(5,6)7;/h1-5H;(H,5,6,7);1H. The summed E-state index contributed by atoms with van der Waals surface area (Å²) in [5.74, 6) is 0. The van der Waals surface area contributed by atoms with Crippen molar-refractivity contribution in [2.45, 2.75) is 5.51 Å². The fourth-order valence-corrected chi connectivity index (χ4v) is 1.70. The van der Waals surface area contributed by atoms with Crippen molar-refractivity contribution >= 4 is 56.5 Å². The van der Waals surface area contributed by atoms with Crippen LogP contribution in [0, 0.1) is 0 Å². The van der Waals surface area contributed by atoms with Crippen molar-refractivity contribution in [2.75, 3.05) is 0 Å². The monoisotopic (exact) mass is 383 g/mol. The first-order valence-electron chi connectivity index (χ1n) is 4.75. The zero-order valence-corrected chi connectivity index (χ0v) is 12.9. The fraction of sp³-hybridized carbons (Fsp3) is 0.100. The number of rotatable bonds is 0. The Morgan fingerprint density at radius 1 is 1.19 bits per heavy atom. The Morgan fingerprint density at radius 2 is 1.71 bits per heavy atom. The molecule has 11 heteroatoms. The van der Waals surface area contributed by atoms with Crippen molar-refractivity contribution in [2.24, 2.45) is 0 Å². The third-order valence-electron chi connectivity index (χ3n) is 1.96. The summed E-state index contributed by atoms with van der Waals surface area (Å²) in [4.78, 5) is 3.98. The molecule has 0 aliphatic carbocycles. The number of benzene rings is 1. The highest BCUT2D eigenvalue weighted by molar-refractivity contribution is 7.86. The van der Waals surface area contributed by atoms with Gasteiger partial charge in [-0.1, -0.05) is 23.2 Å². The van der Waals surface area contributed by atoms with Crippen LogP contribution in [0.5, 0.6) is 0 Å². The number of fused-ring (bicyclic) bond motifs is 1. The fourth-order valence-electron chi connectivity index (χ4n) is 1.13. The third-order valence-corrected chi connectivity index (χ3v) is 3.08. The smallest absolute Gasteiger partial charge is 0.279 e. The van der Waals surface area contributed by atoms with E-state index in [-0.39, 0.29) is 12.4 Å². The normalized spacial score (nSPS) is 11.3. The molecule has 0 saturated heterocycles. The largest absolute Gasteiger partial charge is 0.522 e. The van der Waals surface area contributed by atoms with Crippen LogP contribution >= 0.6 is 35.6 Å². The number of alkyl halides is 3. The number of nitrogens with zero attached hydrogens (tertiary/aromatic N) is 1. The van der Waals surface area contributed by atoms with Gasteiger partial charge in [0.15, 0.2) is 0 Å². The van der Waals surface area contributed by atoms with Crippen molar-refractivity contribution in [1.82, 2.24) is 4.98 Å². The number of aromatic nitrogens is 1. The molecule has 1 aromatic carbocycles. The van der Waals surface area contributed by atoms with Crippen molar-refractivity contribution in [3.05, 3.63) is 40.6 Å². The molecule has 0 fully saturated rings. The van der Waals surface area contributed by atoms with E-state index in [1.165, 1.54) is 0 Å². The molecular weight excluding hydrogens is 378 g/mol. The highest BCUT2D eigenvalue weighted by Crippen LogP contribution is 2.26. The molecule has 0 saturated carbocycles. The van der Waals surface area contributed by atoms with Gasteiger partial charge in [-0.3, -0.25) is 9.54 Å². The van der Waals surface area contributed by atoms with Crippen molar-refractivity contribution in [3.8, 4) is 0 Å². The molecule has 1 heterocycles. The lowest BCUT2D eigenvalue weighted by atomic mass is 10.2. The van der Waals surface area contributed by atoms with Gasteiger partial charge < -0.3 is 0 Å². The lowest BCUT2D eigenvalue weighted by Crippen LogP contribution is -2.21. The van der Waals surface area contributed by atoms with Gasteiger partial charge in [0, 0.05) is 33.2 Å². The Bertz CT molecular complexity index is 722. The van der Waals surface area contributed by atoms with Crippen LogP contribution < -0.4 is 0 Å². The number of pyridine rings is 1. The minimum atomic E-state index is -5.84. The molecule has 0 amide bonds. The Morgan fingerprint density at radius 3 is 2.19 bits per heavy atom. The molecule has 0 radical (unpaired) electrons. The maximum Gasteiger partial charge on any atom is 0.522 e. The van der Waals surface area contributed by atoms with E-state index in [0.29, 0.717) is 10.0 Å². The average Bonchev–Trinajstić information content (AvgIpc) is 2.26. The van der Waals surface area contributed by atoms with Gasteiger partial charge in [-0.05, 0) is 18.2 Å². The molecule has 1 aromatic heterocycles. The maximum absolute atomic E-state index is 10.7. The molecular formula is C10H7Cl3F3NO3S. The topological polar surface area (TPSA) is 67.3 Å². The first-order valence-corrected chi connectivity index (χ1v) is 6.94. The van der Waals surface area contributed by atoms with E-state index in [0.717, 1.165) is 10.8 Å². The Hall–Kier alpha value is -0.800. The quantitative estimate of drug-likeness (QED) is 0.541. The van der Waals surface area contributed by atoms with Gasteiger partial charge in [0.25, 0.3) is 0 Å². The summed E-state index contributed by atoms with van der Waals surface area (Å²) in [7, 11) is -5.84. The zero-order valence-electron chi connectivity index (χ0n) is 9.80. The van der Waals surface area contributed by atoms with Gasteiger partial charge in [0.1, 0.15) is 0 Å². The second-order valence-corrected chi connectivity index (χ2v) is 5.66. The van der Waals surface area contributed by atoms with Crippen LogP contribution in [-0.4, -0.2) is 23.5 Å². The van der Waals surface area contributed by atoms with Crippen molar-refractivity contribution in [1.29, 1.82) is 0 Å². The third kappa shape index (κ3) is 5.84. The average molecular weight is 385 g/mol. The van der Waals surface area contributed by atoms with Gasteiger partial charge in [0.05, 0.1) is 0 Å². The SMILES string of the molecule is Cl.Clc1cc(Cl)c2ccncc2c1.O=S(=O)(O)C(F)(F)F. The second kappa shape index (κ2) is 7.46. The van der Waals surface area contributed by atoms with Crippen LogP contribution in [0.15, 0.2) is 30.6 Å². The molecule has 0 aliphatic heterocycles. The van der Waals surface area contributed by atoms with E-state index in [4.69, 9.17) is 36.2 Å². The maximum atomic E-state index is 10.7. The summed E-state index contributed by atoms with van der Waals surface area (Å²) < 4.78 is 57.5. The molecule has 0 atom stereocenters. The summed E-state index contributed by atoms with van der Waals surface area (Å²) in [5, 5.41) is 3.26. The molecule has 0 spiro atoms. The molecule has 4 nitrogen and oxygen atoms in total.